The molecule has 0 radical (unpaired) electrons. The molecule has 0 saturated carbocycles. The Hall–Kier alpha value is -2.73. The number of benzene rings is 2. The molecule has 1 atom stereocenters. The van der Waals surface area contributed by atoms with Crippen LogP contribution in [0.2, 0.25) is 0 Å². The fraction of sp³-hybridized carbons (Fsp3) is 0.364. The minimum atomic E-state index is -0.298. The van der Waals surface area contributed by atoms with Gasteiger partial charge in [-0.05, 0) is 41.8 Å². The fourth-order valence-corrected chi connectivity index (χ4v) is 4.02. The zero-order valence-corrected chi connectivity index (χ0v) is 15.7. The molecule has 0 bridgehead atoms. The highest BCUT2D eigenvalue weighted by molar-refractivity contribution is 5.94. The number of amides is 2. The van der Waals surface area contributed by atoms with Crippen molar-refractivity contribution in [3.8, 4) is 0 Å². The Morgan fingerprint density at radius 3 is 2.79 bits per heavy atom. The van der Waals surface area contributed by atoms with E-state index in [1.54, 1.807) is 6.07 Å². The van der Waals surface area contributed by atoms with E-state index >= 15 is 0 Å². The summed E-state index contributed by atoms with van der Waals surface area (Å²) in [7, 11) is 0. The number of likely N-dealkylation sites (tertiary alicyclic amines) is 1. The topological polar surface area (TPSA) is 52.7 Å². The van der Waals surface area contributed by atoms with Crippen LogP contribution < -0.4 is 5.32 Å². The largest absolute Gasteiger partial charge is 0.338 e. The van der Waals surface area contributed by atoms with Crippen molar-refractivity contribution in [2.24, 2.45) is 0 Å². The SMILES string of the molecule is O=C1CCCN1Cc1cccc(C(=O)N2CCNCC2c2cccc(F)c2)c1. The molecule has 6 heteroatoms. The molecule has 0 aliphatic carbocycles. The number of nitrogens with one attached hydrogen (secondary N) is 1. The van der Waals surface area contributed by atoms with Crippen molar-refractivity contribution < 1.29 is 14.0 Å². The van der Waals surface area contributed by atoms with E-state index in [9.17, 15) is 14.0 Å². The van der Waals surface area contributed by atoms with Gasteiger partial charge in [-0.2, -0.15) is 0 Å². The Morgan fingerprint density at radius 1 is 1.14 bits per heavy atom. The van der Waals surface area contributed by atoms with E-state index in [4.69, 9.17) is 0 Å². The van der Waals surface area contributed by atoms with Crippen LogP contribution in [0.4, 0.5) is 4.39 Å². The van der Waals surface area contributed by atoms with Crippen molar-refractivity contribution in [2.45, 2.75) is 25.4 Å². The van der Waals surface area contributed by atoms with Gasteiger partial charge in [-0.1, -0.05) is 24.3 Å². The first-order valence-corrected chi connectivity index (χ1v) is 9.76. The zero-order chi connectivity index (χ0) is 19.5. The van der Waals surface area contributed by atoms with Gasteiger partial charge in [0.15, 0.2) is 0 Å². The third-order valence-electron chi connectivity index (χ3n) is 5.46. The number of hydrogen-bond donors (Lipinski definition) is 1. The van der Waals surface area contributed by atoms with E-state index in [-0.39, 0.29) is 23.7 Å². The molecule has 4 rings (SSSR count). The van der Waals surface area contributed by atoms with Crippen molar-refractivity contribution in [1.29, 1.82) is 0 Å². The maximum absolute atomic E-state index is 13.7. The minimum absolute atomic E-state index is 0.0645. The van der Waals surface area contributed by atoms with Crippen LogP contribution in [-0.2, 0) is 11.3 Å². The molecule has 1 unspecified atom stereocenters. The average Bonchev–Trinajstić information content (AvgIpc) is 3.12. The van der Waals surface area contributed by atoms with Crippen LogP contribution in [0.15, 0.2) is 48.5 Å². The van der Waals surface area contributed by atoms with Crippen molar-refractivity contribution in [3.05, 3.63) is 71.0 Å². The highest BCUT2D eigenvalue weighted by atomic mass is 19.1. The molecule has 0 aromatic heterocycles. The Balaban J connectivity index is 1.55. The Morgan fingerprint density at radius 2 is 2.00 bits per heavy atom. The van der Waals surface area contributed by atoms with E-state index < -0.39 is 0 Å². The summed E-state index contributed by atoms with van der Waals surface area (Å²) in [5, 5.41) is 3.29. The van der Waals surface area contributed by atoms with Gasteiger partial charge in [0.05, 0.1) is 6.04 Å². The summed E-state index contributed by atoms with van der Waals surface area (Å²) in [6, 6.07) is 13.7. The van der Waals surface area contributed by atoms with Crippen LogP contribution in [0.25, 0.3) is 0 Å². The van der Waals surface area contributed by atoms with Crippen LogP contribution in [0, 0.1) is 5.82 Å². The predicted molar refractivity (Wildman–Crippen MR) is 104 cm³/mol. The predicted octanol–water partition coefficient (Wildman–Crippen LogP) is 2.73. The van der Waals surface area contributed by atoms with Gasteiger partial charge >= 0.3 is 0 Å². The quantitative estimate of drug-likeness (QED) is 0.886. The highest BCUT2D eigenvalue weighted by Gasteiger charge is 2.29. The lowest BCUT2D eigenvalue weighted by molar-refractivity contribution is -0.128. The van der Waals surface area contributed by atoms with Gasteiger partial charge in [0.2, 0.25) is 5.91 Å². The summed E-state index contributed by atoms with van der Waals surface area (Å²) < 4.78 is 13.7. The number of carbonyl (C=O) groups is 2. The van der Waals surface area contributed by atoms with Gasteiger partial charge in [-0.25, -0.2) is 4.39 Å². The molecule has 2 aromatic carbocycles. The maximum atomic E-state index is 13.7. The van der Waals surface area contributed by atoms with Gasteiger partial charge in [-0.3, -0.25) is 9.59 Å². The first-order chi connectivity index (χ1) is 13.6. The lowest BCUT2D eigenvalue weighted by Gasteiger charge is -2.36. The number of hydrogen-bond acceptors (Lipinski definition) is 3. The van der Waals surface area contributed by atoms with Crippen molar-refractivity contribution in [1.82, 2.24) is 15.1 Å². The normalized spacial score (nSPS) is 19.9. The lowest BCUT2D eigenvalue weighted by atomic mass is 10.0. The summed E-state index contributed by atoms with van der Waals surface area (Å²) in [5.74, 6) is -0.192. The van der Waals surface area contributed by atoms with Crippen molar-refractivity contribution >= 4 is 11.8 Å². The maximum Gasteiger partial charge on any atom is 0.254 e. The lowest BCUT2D eigenvalue weighted by Crippen LogP contribution is -2.48. The molecule has 2 aliphatic rings. The van der Waals surface area contributed by atoms with Crippen molar-refractivity contribution in [3.63, 3.8) is 0 Å². The van der Waals surface area contributed by atoms with E-state index in [0.29, 0.717) is 38.2 Å². The number of rotatable bonds is 4. The molecule has 1 N–H and O–H groups in total. The number of piperazine rings is 1. The van der Waals surface area contributed by atoms with Gasteiger partial charge in [-0.15, -0.1) is 0 Å². The number of nitrogens with zero attached hydrogens (tertiary/aromatic N) is 2. The molecule has 2 heterocycles. The molecule has 2 fully saturated rings. The van der Waals surface area contributed by atoms with Crippen LogP contribution in [0.1, 0.15) is 40.4 Å². The standard InChI is InChI=1S/C22H24FN3O2/c23-19-7-2-5-17(13-19)20-14-24-9-11-26(20)22(28)18-6-1-4-16(12-18)15-25-10-3-8-21(25)27/h1-2,4-7,12-13,20,24H,3,8-11,14-15H2. The van der Waals surface area contributed by atoms with Crippen molar-refractivity contribution in [2.75, 3.05) is 26.2 Å². The van der Waals surface area contributed by atoms with E-state index in [1.807, 2.05) is 40.1 Å². The van der Waals surface area contributed by atoms with Gasteiger partial charge in [0, 0.05) is 44.7 Å². The highest BCUT2D eigenvalue weighted by Crippen LogP contribution is 2.25. The first kappa shape index (κ1) is 18.6. The molecule has 28 heavy (non-hydrogen) atoms. The smallest absolute Gasteiger partial charge is 0.254 e. The third-order valence-corrected chi connectivity index (χ3v) is 5.46. The average molecular weight is 381 g/mol. The third kappa shape index (κ3) is 3.92. The second-order valence-corrected chi connectivity index (χ2v) is 7.39. The summed E-state index contributed by atoms with van der Waals surface area (Å²) in [5.41, 5.74) is 2.35. The molecule has 2 saturated heterocycles. The van der Waals surface area contributed by atoms with Crippen LogP contribution >= 0.6 is 0 Å². The van der Waals surface area contributed by atoms with E-state index in [1.165, 1.54) is 12.1 Å². The fourth-order valence-electron chi connectivity index (χ4n) is 4.02. The summed E-state index contributed by atoms with van der Waals surface area (Å²) in [6.07, 6.45) is 1.50. The second-order valence-electron chi connectivity index (χ2n) is 7.39. The zero-order valence-electron chi connectivity index (χ0n) is 15.7. The molecule has 2 aliphatic heterocycles. The van der Waals surface area contributed by atoms with E-state index in [2.05, 4.69) is 5.32 Å². The molecule has 2 aromatic rings. The summed E-state index contributed by atoms with van der Waals surface area (Å²) in [6.45, 7) is 3.18. The number of carbonyl (C=O) groups excluding carboxylic acids is 2. The van der Waals surface area contributed by atoms with Crippen LogP contribution in [0.5, 0.6) is 0 Å². The Bertz CT molecular complexity index is 886. The molecule has 5 nitrogen and oxygen atoms in total. The van der Waals surface area contributed by atoms with Gasteiger partial charge < -0.3 is 15.1 Å². The molecular weight excluding hydrogens is 357 g/mol. The van der Waals surface area contributed by atoms with Crippen LogP contribution in [-0.4, -0.2) is 47.8 Å². The Labute approximate surface area is 164 Å². The molecule has 2 amide bonds. The first-order valence-electron chi connectivity index (χ1n) is 9.76. The molecule has 146 valence electrons. The molecular formula is C22H24FN3O2. The Kier molecular flexibility index (Phi) is 5.39. The number of halogens is 1. The monoisotopic (exact) mass is 381 g/mol. The van der Waals surface area contributed by atoms with E-state index in [0.717, 1.165) is 24.1 Å². The minimum Gasteiger partial charge on any atom is -0.338 e. The summed E-state index contributed by atoms with van der Waals surface area (Å²) in [4.78, 5) is 28.8. The van der Waals surface area contributed by atoms with Crippen LogP contribution in [0.3, 0.4) is 0 Å². The summed E-state index contributed by atoms with van der Waals surface area (Å²) >= 11 is 0. The second kappa shape index (κ2) is 8.10. The van der Waals surface area contributed by atoms with Gasteiger partial charge in [0.25, 0.3) is 5.91 Å². The molecule has 0 spiro atoms. The van der Waals surface area contributed by atoms with Gasteiger partial charge in [0.1, 0.15) is 5.82 Å².